The predicted octanol–water partition coefficient (Wildman–Crippen LogP) is 5.06. The Kier molecular flexibility index (Phi) is 3.70. The van der Waals surface area contributed by atoms with E-state index >= 15 is 0 Å². The number of rotatable bonds is 2. The van der Waals surface area contributed by atoms with Gasteiger partial charge in [0.1, 0.15) is 6.10 Å². The maximum atomic E-state index is 10.7. The minimum Gasteiger partial charge on any atom is -0.384 e. The number of nitrogens with two attached hydrogens (primary N) is 1. The summed E-state index contributed by atoms with van der Waals surface area (Å²) in [6.07, 6.45) is 1.43. The zero-order chi connectivity index (χ0) is 20.2. The molecule has 4 aromatic rings. The molecular weight excluding hydrogens is 370 g/mol. The zero-order valence-electron chi connectivity index (χ0n) is 16.4. The number of fused-ring (bicyclic) bond motifs is 3. The van der Waals surface area contributed by atoms with Crippen LogP contribution in [-0.4, -0.2) is 11.1 Å². The van der Waals surface area contributed by atoms with Crippen molar-refractivity contribution in [2.45, 2.75) is 18.9 Å². The van der Waals surface area contributed by atoms with E-state index in [0.29, 0.717) is 5.96 Å². The molecule has 0 radical (unpaired) electrons. The molecule has 0 heterocycles. The van der Waals surface area contributed by atoms with E-state index in [-0.39, 0.29) is 0 Å². The molecule has 0 bridgehead atoms. The number of nitrogens with one attached hydrogen (secondary N) is 1. The third kappa shape index (κ3) is 2.54. The van der Waals surface area contributed by atoms with Gasteiger partial charge in [-0.25, -0.2) is 4.99 Å². The summed E-state index contributed by atoms with van der Waals surface area (Å²) in [5.41, 5.74) is 14.7. The van der Waals surface area contributed by atoms with Crippen LogP contribution in [-0.2, 0) is 12.8 Å². The minimum atomic E-state index is -0.615. The lowest BCUT2D eigenvalue weighted by Gasteiger charge is -2.11. The molecule has 30 heavy (non-hydrogen) atoms. The van der Waals surface area contributed by atoms with Crippen molar-refractivity contribution in [1.29, 1.82) is 0 Å². The summed E-state index contributed by atoms with van der Waals surface area (Å²) in [4.78, 5) is 4.68. The molecule has 0 amide bonds. The largest absolute Gasteiger partial charge is 0.384 e. The lowest BCUT2D eigenvalue weighted by atomic mass is 10.0. The van der Waals surface area contributed by atoms with Crippen molar-refractivity contribution in [3.05, 3.63) is 95.1 Å². The van der Waals surface area contributed by atoms with Gasteiger partial charge in [0.25, 0.3) is 0 Å². The monoisotopic (exact) mass is 391 g/mol. The van der Waals surface area contributed by atoms with Gasteiger partial charge in [0.2, 0.25) is 0 Å². The molecular formula is C26H21N3O. The van der Waals surface area contributed by atoms with Crippen molar-refractivity contribution >= 4 is 28.1 Å². The Morgan fingerprint density at radius 1 is 0.900 bits per heavy atom. The maximum Gasteiger partial charge on any atom is 0.198 e. The van der Waals surface area contributed by atoms with Crippen LogP contribution in [0.1, 0.15) is 28.4 Å². The number of aliphatic hydroxyl groups is 1. The summed E-state index contributed by atoms with van der Waals surface area (Å²) in [7, 11) is 0. The Hall–Kier alpha value is -3.63. The molecule has 2 aliphatic rings. The third-order valence-electron chi connectivity index (χ3n) is 6.26. The van der Waals surface area contributed by atoms with E-state index < -0.39 is 6.10 Å². The molecule has 0 saturated carbocycles. The number of nitrogens with zero attached hydrogens (tertiary/aromatic N) is 1. The maximum absolute atomic E-state index is 10.7. The number of aliphatic imine (C=N–C) groups is 1. The smallest absolute Gasteiger partial charge is 0.198 e. The van der Waals surface area contributed by atoms with Gasteiger partial charge < -0.3 is 16.2 Å². The average molecular weight is 391 g/mol. The highest BCUT2D eigenvalue weighted by molar-refractivity contribution is 5.98. The van der Waals surface area contributed by atoms with E-state index in [1.54, 1.807) is 0 Å². The number of anilines is 1. The molecule has 0 aromatic heterocycles. The van der Waals surface area contributed by atoms with Gasteiger partial charge in [0, 0.05) is 5.69 Å². The molecule has 0 saturated heterocycles. The SMILES string of the molecule is NC(=Nc1ccc2cccc3c2c1CC3)Nc1ccc2c(c1)C(O)c1ccccc1-2. The van der Waals surface area contributed by atoms with E-state index in [2.05, 4.69) is 34.6 Å². The molecule has 0 aliphatic heterocycles. The second-order valence-corrected chi connectivity index (χ2v) is 7.99. The zero-order valence-corrected chi connectivity index (χ0v) is 16.4. The van der Waals surface area contributed by atoms with Gasteiger partial charge in [-0.15, -0.1) is 0 Å². The first-order chi connectivity index (χ1) is 14.7. The van der Waals surface area contributed by atoms with Crippen LogP contribution in [0, 0.1) is 0 Å². The van der Waals surface area contributed by atoms with E-state index in [4.69, 9.17) is 5.73 Å². The van der Waals surface area contributed by atoms with Crippen LogP contribution in [0.5, 0.6) is 0 Å². The Labute approximate surface area is 174 Å². The van der Waals surface area contributed by atoms with Crippen LogP contribution >= 0.6 is 0 Å². The topological polar surface area (TPSA) is 70.6 Å². The molecule has 4 nitrogen and oxygen atoms in total. The first-order valence-electron chi connectivity index (χ1n) is 10.2. The predicted molar refractivity (Wildman–Crippen MR) is 122 cm³/mol. The third-order valence-corrected chi connectivity index (χ3v) is 6.26. The number of aryl methyl sites for hydroxylation is 2. The van der Waals surface area contributed by atoms with Gasteiger partial charge >= 0.3 is 0 Å². The van der Waals surface area contributed by atoms with Gasteiger partial charge in [-0.1, -0.05) is 54.6 Å². The van der Waals surface area contributed by atoms with Crippen LogP contribution in [0.2, 0.25) is 0 Å². The van der Waals surface area contributed by atoms with Gasteiger partial charge in [-0.2, -0.15) is 0 Å². The fourth-order valence-corrected chi connectivity index (χ4v) is 4.92. The van der Waals surface area contributed by atoms with Gasteiger partial charge in [0.15, 0.2) is 5.96 Å². The highest BCUT2D eigenvalue weighted by Crippen LogP contribution is 2.44. The van der Waals surface area contributed by atoms with Crippen LogP contribution in [0.15, 0.2) is 77.8 Å². The van der Waals surface area contributed by atoms with Crippen molar-refractivity contribution in [2.24, 2.45) is 10.7 Å². The molecule has 0 fully saturated rings. The highest BCUT2D eigenvalue weighted by atomic mass is 16.3. The quantitative estimate of drug-likeness (QED) is 0.330. The normalized spacial score (nSPS) is 16.6. The van der Waals surface area contributed by atoms with Crippen molar-refractivity contribution in [2.75, 3.05) is 5.32 Å². The number of hydrogen-bond acceptors (Lipinski definition) is 2. The van der Waals surface area contributed by atoms with Crippen molar-refractivity contribution in [1.82, 2.24) is 0 Å². The number of guanidine groups is 1. The van der Waals surface area contributed by atoms with E-state index in [0.717, 1.165) is 46.5 Å². The summed E-state index contributed by atoms with van der Waals surface area (Å²) >= 11 is 0. The number of aliphatic hydroxyl groups excluding tert-OH is 1. The Balaban J connectivity index is 1.33. The molecule has 2 aliphatic carbocycles. The fraction of sp³-hybridized carbons (Fsp3) is 0.115. The van der Waals surface area contributed by atoms with Crippen molar-refractivity contribution < 1.29 is 5.11 Å². The number of benzene rings is 4. The number of hydrogen-bond donors (Lipinski definition) is 3. The van der Waals surface area contributed by atoms with Gasteiger partial charge in [-0.3, -0.25) is 0 Å². The summed E-state index contributed by atoms with van der Waals surface area (Å²) in [5, 5.41) is 16.5. The van der Waals surface area contributed by atoms with Gasteiger partial charge in [-0.05, 0) is 75.2 Å². The van der Waals surface area contributed by atoms with Crippen LogP contribution in [0.4, 0.5) is 11.4 Å². The van der Waals surface area contributed by atoms with Crippen molar-refractivity contribution in [3.8, 4) is 11.1 Å². The first-order valence-corrected chi connectivity index (χ1v) is 10.2. The average Bonchev–Trinajstić information content (AvgIpc) is 3.32. The fourth-order valence-electron chi connectivity index (χ4n) is 4.92. The molecule has 1 unspecified atom stereocenters. The first kappa shape index (κ1) is 17.2. The molecule has 4 aromatic carbocycles. The Morgan fingerprint density at radius 2 is 1.77 bits per heavy atom. The van der Waals surface area contributed by atoms with Crippen LogP contribution in [0.3, 0.4) is 0 Å². The second-order valence-electron chi connectivity index (χ2n) is 7.99. The van der Waals surface area contributed by atoms with Gasteiger partial charge in [0.05, 0.1) is 5.69 Å². The summed E-state index contributed by atoms with van der Waals surface area (Å²) < 4.78 is 0. The van der Waals surface area contributed by atoms with Crippen molar-refractivity contribution in [3.63, 3.8) is 0 Å². The lowest BCUT2D eigenvalue weighted by molar-refractivity contribution is 0.225. The molecule has 4 heteroatoms. The second kappa shape index (κ2) is 6.44. The Morgan fingerprint density at radius 3 is 2.70 bits per heavy atom. The molecule has 0 spiro atoms. The van der Waals surface area contributed by atoms with E-state index in [9.17, 15) is 5.11 Å². The standard InChI is InChI=1S/C26H21N3O/c27-26(29-23-13-9-16-5-3-4-15-8-11-21(23)24(15)16)28-17-10-12-19-18-6-1-2-7-20(18)25(30)22(19)14-17/h1-7,9-10,12-14,25,30H,8,11H2,(H3,27,28,29). The molecule has 6 rings (SSSR count). The Bertz CT molecular complexity index is 1360. The summed E-state index contributed by atoms with van der Waals surface area (Å²) in [5.74, 6) is 0.347. The molecule has 146 valence electrons. The van der Waals surface area contributed by atoms with E-state index in [1.807, 2.05) is 48.5 Å². The summed E-state index contributed by atoms with van der Waals surface area (Å²) in [6, 6.07) is 24.6. The van der Waals surface area contributed by atoms with E-state index in [1.165, 1.54) is 21.9 Å². The summed E-state index contributed by atoms with van der Waals surface area (Å²) in [6.45, 7) is 0. The minimum absolute atomic E-state index is 0.347. The van der Waals surface area contributed by atoms with Crippen LogP contribution in [0.25, 0.3) is 21.9 Å². The molecule has 4 N–H and O–H groups in total. The highest BCUT2D eigenvalue weighted by Gasteiger charge is 2.26. The lowest BCUT2D eigenvalue weighted by Crippen LogP contribution is -2.22. The molecule has 1 atom stereocenters. The van der Waals surface area contributed by atoms with Crippen LogP contribution < -0.4 is 11.1 Å².